The Labute approximate surface area is 91.3 Å². The monoisotopic (exact) mass is 217 g/mol. The van der Waals surface area contributed by atoms with Crippen molar-refractivity contribution in [3.8, 4) is 0 Å². The molecule has 3 rings (SSSR count). The van der Waals surface area contributed by atoms with Crippen LogP contribution in [0.3, 0.4) is 0 Å². The molecule has 15 heavy (non-hydrogen) atoms. The van der Waals surface area contributed by atoms with Crippen LogP contribution in [0.4, 0.5) is 0 Å². The molecule has 0 spiro atoms. The lowest BCUT2D eigenvalue weighted by Gasteiger charge is -1.99. The van der Waals surface area contributed by atoms with Crippen molar-refractivity contribution in [1.29, 1.82) is 0 Å². The number of hydrogen-bond donors (Lipinski definition) is 0. The van der Waals surface area contributed by atoms with Gasteiger partial charge < -0.3 is 4.40 Å². The third kappa shape index (κ3) is 1.13. The first-order valence-electron chi connectivity index (χ1n) is 4.66. The molecule has 0 amide bonds. The number of halogens is 1. The van der Waals surface area contributed by atoms with Crippen molar-refractivity contribution >= 4 is 28.0 Å². The highest BCUT2D eigenvalue weighted by Crippen LogP contribution is 2.26. The minimum atomic E-state index is 0.458. The van der Waals surface area contributed by atoms with Gasteiger partial charge in [0.05, 0.1) is 11.2 Å². The van der Waals surface area contributed by atoms with Crippen molar-refractivity contribution in [3.05, 3.63) is 41.3 Å². The van der Waals surface area contributed by atoms with Gasteiger partial charge in [0.25, 0.3) is 0 Å². The summed E-state index contributed by atoms with van der Waals surface area (Å²) in [6.07, 6.45) is 2.00. The highest BCUT2D eigenvalue weighted by atomic mass is 35.5. The zero-order valence-corrected chi connectivity index (χ0v) is 8.86. The van der Waals surface area contributed by atoms with Gasteiger partial charge in [0.15, 0.2) is 5.15 Å². The standard InChI is InChI=1S/C11H8ClN3/c1-7-10-9(11(12)14-13-7)6-8-4-2-3-5-15(8)10/h2-6H,1H3. The fourth-order valence-corrected chi connectivity index (χ4v) is 2.05. The number of aryl methyl sites for hydroxylation is 1. The van der Waals surface area contributed by atoms with Crippen molar-refractivity contribution in [2.24, 2.45) is 0 Å². The van der Waals surface area contributed by atoms with Crippen molar-refractivity contribution in [1.82, 2.24) is 14.6 Å². The first-order valence-corrected chi connectivity index (χ1v) is 5.04. The number of hydrogen-bond acceptors (Lipinski definition) is 2. The van der Waals surface area contributed by atoms with Crippen LogP contribution >= 0.6 is 11.6 Å². The fourth-order valence-electron chi connectivity index (χ4n) is 1.87. The van der Waals surface area contributed by atoms with Gasteiger partial charge in [-0.3, -0.25) is 0 Å². The molecule has 0 aliphatic carbocycles. The van der Waals surface area contributed by atoms with Gasteiger partial charge >= 0.3 is 0 Å². The second-order valence-electron chi connectivity index (χ2n) is 3.48. The molecule has 0 aliphatic rings. The summed E-state index contributed by atoms with van der Waals surface area (Å²) in [5, 5.41) is 9.34. The molecule has 0 bridgehead atoms. The van der Waals surface area contributed by atoms with E-state index >= 15 is 0 Å². The third-order valence-electron chi connectivity index (χ3n) is 2.53. The highest BCUT2D eigenvalue weighted by molar-refractivity contribution is 6.34. The summed E-state index contributed by atoms with van der Waals surface area (Å²) in [6.45, 7) is 1.94. The Bertz CT molecular complexity index is 657. The summed E-state index contributed by atoms with van der Waals surface area (Å²) in [5.41, 5.74) is 3.03. The first kappa shape index (κ1) is 8.68. The molecule has 0 unspecified atom stereocenters. The molecule has 0 radical (unpaired) electrons. The maximum atomic E-state index is 6.01. The van der Waals surface area contributed by atoms with Crippen LogP contribution in [0.1, 0.15) is 5.69 Å². The van der Waals surface area contributed by atoms with Gasteiger partial charge in [0.2, 0.25) is 0 Å². The van der Waals surface area contributed by atoms with Crippen LogP contribution in [-0.4, -0.2) is 14.6 Å². The Morgan fingerprint density at radius 1 is 1.27 bits per heavy atom. The number of nitrogens with zero attached hydrogens (tertiary/aromatic N) is 3. The summed E-state index contributed by atoms with van der Waals surface area (Å²) in [6, 6.07) is 8.05. The lowest BCUT2D eigenvalue weighted by Crippen LogP contribution is -1.91. The summed E-state index contributed by atoms with van der Waals surface area (Å²) in [4.78, 5) is 0. The van der Waals surface area contributed by atoms with E-state index < -0.39 is 0 Å². The lowest BCUT2D eigenvalue weighted by molar-refractivity contribution is 0.993. The van der Waals surface area contributed by atoms with Gasteiger partial charge in [-0.2, -0.15) is 5.10 Å². The van der Waals surface area contributed by atoms with Crippen LogP contribution in [0, 0.1) is 6.92 Å². The van der Waals surface area contributed by atoms with Gasteiger partial charge in [-0.25, -0.2) is 0 Å². The van der Waals surface area contributed by atoms with E-state index in [9.17, 15) is 0 Å². The van der Waals surface area contributed by atoms with E-state index in [1.54, 1.807) is 0 Å². The number of rotatable bonds is 0. The summed E-state index contributed by atoms with van der Waals surface area (Å²) < 4.78 is 2.07. The number of aromatic nitrogens is 3. The molecule has 0 aromatic carbocycles. The van der Waals surface area contributed by atoms with Gasteiger partial charge in [0, 0.05) is 17.1 Å². The van der Waals surface area contributed by atoms with Crippen molar-refractivity contribution in [2.75, 3.05) is 0 Å². The molecular formula is C11H8ClN3. The van der Waals surface area contributed by atoms with E-state index in [0.717, 1.165) is 22.1 Å². The first-order chi connectivity index (χ1) is 7.27. The summed E-state index contributed by atoms with van der Waals surface area (Å²) in [7, 11) is 0. The zero-order valence-electron chi connectivity index (χ0n) is 8.11. The Morgan fingerprint density at radius 3 is 3.00 bits per heavy atom. The normalized spacial score (nSPS) is 11.3. The van der Waals surface area contributed by atoms with Crippen LogP contribution in [0.2, 0.25) is 5.15 Å². The molecule has 0 saturated carbocycles. The van der Waals surface area contributed by atoms with E-state index in [2.05, 4.69) is 14.6 Å². The average Bonchev–Trinajstić information content (AvgIpc) is 2.64. The summed E-state index contributed by atoms with van der Waals surface area (Å²) in [5.74, 6) is 0. The molecule has 0 saturated heterocycles. The third-order valence-corrected chi connectivity index (χ3v) is 2.81. The molecule has 3 nitrogen and oxygen atoms in total. The van der Waals surface area contributed by atoms with Gasteiger partial charge in [-0.05, 0) is 25.1 Å². The smallest absolute Gasteiger partial charge is 0.161 e. The van der Waals surface area contributed by atoms with Crippen LogP contribution in [0.15, 0.2) is 30.5 Å². The molecule has 0 fully saturated rings. The Kier molecular flexibility index (Phi) is 1.70. The molecule has 3 aromatic heterocycles. The zero-order chi connectivity index (χ0) is 10.4. The molecule has 0 aliphatic heterocycles. The summed E-state index contributed by atoms with van der Waals surface area (Å²) >= 11 is 6.01. The van der Waals surface area contributed by atoms with E-state index in [4.69, 9.17) is 11.6 Å². The van der Waals surface area contributed by atoms with Crippen LogP contribution in [-0.2, 0) is 0 Å². The van der Waals surface area contributed by atoms with Crippen molar-refractivity contribution < 1.29 is 0 Å². The number of fused-ring (bicyclic) bond motifs is 3. The molecule has 0 N–H and O–H groups in total. The predicted octanol–water partition coefficient (Wildman–Crippen LogP) is 2.84. The number of pyridine rings is 1. The average molecular weight is 218 g/mol. The van der Waals surface area contributed by atoms with Crippen molar-refractivity contribution in [3.63, 3.8) is 0 Å². The molecule has 0 atom stereocenters. The van der Waals surface area contributed by atoms with E-state index in [1.165, 1.54) is 0 Å². The maximum Gasteiger partial charge on any atom is 0.161 e. The largest absolute Gasteiger partial charge is 0.315 e. The topological polar surface area (TPSA) is 30.2 Å². The predicted molar refractivity (Wildman–Crippen MR) is 60.2 cm³/mol. The molecule has 74 valence electrons. The fraction of sp³-hybridized carbons (Fsp3) is 0.0909. The molecule has 4 heteroatoms. The Hall–Kier alpha value is -1.61. The van der Waals surface area contributed by atoms with Crippen LogP contribution in [0.25, 0.3) is 16.4 Å². The van der Waals surface area contributed by atoms with Gasteiger partial charge in [-0.15, -0.1) is 5.10 Å². The van der Waals surface area contributed by atoms with Crippen LogP contribution < -0.4 is 0 Å². The SMILES string of the molecule is Cc1nnc(Cl)c2cc3ccccn3c12. The van der Waals surface area contributed by atoms with E-state index in [0.29, 0.717) is 5.15 Å². The van der Waals surface area contributed by atoms with E-state index in [1.807, 2.05) is 37.4 Å². The molecule has 3 heterocycles. The van der Waals surface area contributed by atoms with Crippen molar-refractivity contribution in [2.45, 2.75) is 6.92 Å². The minimum absolute atomic E-state index is 0.458. The Morgan fingerprint density at radius 2 is 2.13 bits per heavy atom. The highest BCUT2D eigenvalue weighted by Gasteiger charge is 2.09. The second kappa shape index (κ2) is 2.94. The molecule has 3 aromatic rings. The quantitative estimate of drug-likeness (QED) is 0.580. The van der Waals surface area contributed by atoms with Gasteiger partial charge in [0.1, 0.15) is 0 Å². The maximum absolute atomic E-state index is 6.01. The van der Waals surface area contributed by atoms with E-state index in [-0.39, 0.29) is 0 Å². The lowest BCUT2D eigenvalue weighted by atomic mass is 10.3. The minimum Gasteiger partial charge on any atom is -0.315 e. The second-order valence-corrected chi connectivity index (χ2v) is 3.84. The van der Waals surface area contributed by atoms with Gasteiger partial charge in [-0.1, -0.05) is 17.7 Å². The Balaban J connectivity index is 2.66. The van der Waals surface area contributed by atoms with Crippen LogP contribution in [0.5, 0.6) is 0 Å². The molecular weight excluding hydrogens is 210 g/mol.